The van der Waals surface area contributed by atoms with E-state index in [9.17, 15) is 4.79 Å². The van der Waals surface area contributed by atoms with Crippen LogP contribution in [0.25, 0.3) is 0 Å². The van der Waals surface area contributed by atoms with Gasteiger partial charge in [-0.05, 0) is 18.7 Å². The Balaban J connectivity index is 3.25. The van der Waals surface area contributed by atoms with Crippen LogP contribution in [0.15, 0.2) is 17.0 Å². The minimum absolute atomic E-state index is 0.0581. The van der Waals surface area contributed by atoms with Crippen molar-refractivity contribution in [3.8, 4) is 11.5 Å². The number of Topliss-reactive ketones (excluding diaryl/α,β-unsaturated/α-hetero) is 1. The van der Waals surface area contributed by atoms with E-state index in [4.69, 9.17) is 15.2 Å². The Morgan fingerprint density at radius 1 is 1.26 bits per heavy atom. The van der Waals surface area contributed by atoms with Crippen LogP contribution in [-0.4, -0.2) is 31.8 Å². The Kier molecular flexibility index (Phi) is 6.18. The van der Waals surface area contributed by atoms with E-state index < -0.39 is 0 Å². The molecule has 0 unspecified atom stereocenters. The second-order valence-electron chi connectivity index (χ2n) is 4.33. The number of hydrogen-bond acceptors (Lipinski definition) is 5. The average molecular weight is 283 g/mol. The molecule has 0 fully saturated rings. The molecular formula is C14H21NO3S. The molecule has 5 heteroatoms. The van der Waals surface area contributed by atoms with Gasteiger partial charge in [0.15, 0.2) is 5.78 Å². The number of ketones is 1. The van der Waals surface area contributed by atoms with E-state index in [0.717, 1.165) is 4.90 Å². The SMILES string of the molecule is COc1cc(SC(C)C)cc(OC)c1C(=O)CCN. The van der Waals surface area contributed by atoms with Gasteiger partial charge < -0.3 is 15.2 Å². The first-order chi connectivity index (χ1) is 9.03. The molecule has 1 aromatic rings. The zero-order valence-electron chi connectivity index (χ0n) is 11.9. The number of benzene rings is 1. The van der Waals surface area contributed by atoms with E-state index in [2.05, 4.69) is 13.8 Å². The topological polar surface area (TPSA) is 61.5 Å². The highest BCUT2D eigenvalue weighted by molar-refractivity contribution is 7.99. The maximum Gasteiger partial charge on any atom is 0.171 e. The van der Waals surface area contributed by atoms with Gasteiger partial charge in [-0.15, -0.1) is 11.8 Å². The number of rotatable bonds is 7. The maximum absolute atomic E-state index is 12.1. The van der Waals surface area contributed by atoms with Gasteiger partial charge in [0.2, 0.25) is 0 Å². The lowest BCUT2D eigenvalue weighted by atomic mass is 10.1. The molecule has 0 spiro atoms. The van der Waals surface area contributed by atoms with Crippen molar-refractivity contribution in [1.82, 2.24) is 0 Å². The van der Waals surface area contributed by atoms with Gasteiger partial charge in [0.1, 0.15) is 17.1 Å². The van der Waals surface area contributed by atoms with Gasteiger partial charge >= 0.3 is 0 Å². The summed E-state index contributed by atoms with van der Waals surface area (Å²) in [6, 6.07) is 3.74. The van der Waals surface area contributed by atoms with E-state index >= 15 is 0 Å². The quantitative estimate of drug-likeness (QED) is 0.616. The number of hydrogen-bond donors (Lipinski definition) is 1. The molecule has 0 bridgehead atoms. The predicted molar refractivity (Wildman–Crippen MR) is 78.5 cm³/mol. The highest BCUT2D eigenvalue weighted by atomic mass is 32.2. The fraction of sp³-hybridized carbons (Fsp3) is 0.500. The number of methoxy groups -OCH3 is 2. The van der Waals surface area contributed by atoms with Crippen LogP contribution in [0.4, 0.5) is 0 Å². The third-order valence-electron chi connectivity index (χ3n) is 2.50. The highest BCUT2D eigenvalue weighted by Gasteiger charge is 2.19. The molecule has 0 saturated carbocycles. The van der Waals surface area contributed by atoms with Crippen molar-refractivity contribution in [2.24, 2.45) is 5.73 Å². The van der Waals surface area contributed by atoms with E-state index in [1.165, 1.54) is 0 Å². The van der Waals surface area contributed by atoms with Crippen LogP contribution in [-0.2, 0) is 0 Å². The van der Waals surface area contributed by atoms with Crippen molar-refractivity contribution in [3.63, 3.8) is 0 Å². The Labute approximate surface area is 118 Å². The Hall–Kier alpha value is -1.20. The van der Waals surface area contributed by atoms with E-state index in [-0.39, 0.29) is 12.2 Å². The molecule has 0 aliphatic carbocycles. The third-order valence-corrected chi connectivity index (χ3v) is 3.48. The second-order valence-corrected chi connectivity index (χ2v) is 5.98. The summed E-state index contributed by atoms with van der Waals surface area (Å²) in [5.74, 6) is 1.03. The zero-order valence-corrected chi connectivity index (χ0v) is 12.7. The fourth-order valence-electron chi connectivity index (χ4n) is 1.76. The zero-order chi connectivity index (χ0) is 14.4. The first kappa shape index (κ1) is 15.9. The van der Waals surface area contributed by atoms with Gasteiger partial charge in [0, 0.05) is 16.6 Å². The lowest BCUT2D eigenvalue weighted by Gasteiger charge is -2.15. The van der Waals surface area contributed by atoms with Crippen molar-refractivity contribution >= 4 is 17.5 Å². The number of nitrogens with two attached hydrogens (primary N) is 1. The molecule has 0 radical (unpaired) electrons. The molecular weight excluding hydrogens is 262 g/mol. The first-order valence-corrected chi connectivity index (χ1v) is 7.07. The smallest absolute Gasteiger partial charge is 0.171 e. The molecule has 0 amide bonds. The molecule has 0 atom stereocenters. The van der Waals surface area contributed by atoms with Gasteiger partial charge in [-0.2, -0.15) is 0 Å². The van der Waals surface area contributed by atoms with Gasteiger partial charge in [-0.3, -0.25) is 4.79 Å². The third kappa shape index (κ3) is 4.14. The summed E-state index contributed by atoms with van der Waals surface area (Å²) < 4.78 is 10.6. The predicted octanol–water partition coefficient (Wildman–Crippen LogP) is 2.74. The van der Waals surface area contributed by atoms with Crippen LogP contribution in [0, 0.1) is 0 Å². The van der Waals surface area contributed by atoms with E-state index in [0.29, 0.717) is 28.9 Å². The summed E-state index contributed by atoms with van der Waals surface area (Å²) in [4.78, 5) is 13.1. The van der Waals surface area contributed by atoms with Crippen LogP contribution in [0.1, 0.15) is 30.6 Å². The monoisotopic (exact) mass is 283 g/mol. The standard InChI is InChI=1S/C14H21NO3S/c1-9(2)19-10-7-12(17-3)14(11(16)5-6-15)13(8-10)18-4/h7-9H,5-6,15H2,1-4H3. The molecule has 1 rings (SSSR count). The molecule has 19 heavy (non-hydrogen) atoms. The highest BCUT2D eigenvalue weighted by Crippen LogP contribution is 2.36. The molecule has 4 nitrogen and oxygen atoms in total. The second kappa shape index (κ2) is 7.40. The largest absolute Gasteiger partial charge is 0.496 e. The van der Waals surface area contributed by atoms with Crippen molar-refractivity contribution in [2.45, 2.75) is 30.4 Å². The van der Waals surface area contributed by atoms with E-state index in [1.54, 1.807) is 26.0 Å². The minimum Gasteiger partial charge on any atom is -0.496 e. The fourth-order valence-corrected chi connectivity index (χ4v) is 2.65. The van der Waals surface area contributed by atoms with Crippen molar-refractivity contribution in [3.05, 3.63) is 17.7 Å². The van der Waals surface area contributed by atoms with Gasteiger partial charge in [0.05, 0.1) is 14.2 Å². The summed E-state index contributed by atoms with van der Waals surface area (Å²) in [6.45, 7) is 4.53. The average Bonchev–Trinajstić information content (AvgIpc) is 2.36. The summed E-state index contributed by atoms with van der Waals surface area (Å²) in [7, 11) is 3.11. The molecule has 0 saturated heterocycles. The normalized spacial score (nSPS) is 10.6. The number of carbonyl (C=O) groups excluding carboxylic acids is 1. The maximum atomic E-state index is 12.1. The molecule has 0 aromatic heterocycles. The minimum atomic E-state index is -0.0581. The van der Waals surface area contributed by atoms with Crippen LogP contribution in [0.5, 0.6) is 11.5 Å². The lowest BCUT2D eigenvalue weighted by molar-refractivity contribution is 0.0979. The van der Waals surface area contributed by atoms with Gasteiger partial charge in [-0.1, -0.05) is 13.8 Å². The van der Waals surface area contributed by atoms with Crippen LogP contribution < -0.4 is 15.2 Å². The summed E-state index contributed by atoms with van der Waals surface area (Å²) >= 11 is 1.70. The van der Waals surface area contributed by atoms with Crippen molar-refractivity contribution in [2.75, 3.05) is 20.8 Å². The number of carbonyl (C=O) groups is 1. The van der Waals surface area contributed by atoms with E-state index in [1.807, 2.05) is 12.1 Å². The molecule has 0 aliphatic heterocycles. The molecule has 1 aromatic carbocycles. The van der Waals surface area contributed by atoms with Crippen molar-refractivity contribution in [1.29, 1.82) is 0 Å². The first-order valence-electron chi connectivity index (χ1n) is 6.19. The Morgan fingerprint density at radius 2 is 1.79 bits per heavy atom. The lowest BCUT2D eigenvalue weighted by Crippen LogP contribution is -2.11. The Bertz CT molecular complexity index is 421. The summed E-state index contributed by atoms with van der Waals surface area (Å²) in [5.41, 5.74) is 5.91. The van der Waals surface area contributed by atoms with Crippen LogP contribution in [0.3, 0.4) is 0 Å². The molecule has 106 valence electrons. The summed E-state index contributed by atoms with van der Waals surface area (Å²) in [6.07, 6.45) is 0.281. The molecule has 2 N–H and O–H groups in total. The summed E-state index contributed by atoms with van der Waals surface area (Å²) in [5, 5.41) is 0.444. The van der Waals surface area contributed by atoms with Crippen molar-refractivity contribution < 1.29 is 14.3 Å². The molecule has 0 aliphatic rings. The Morgan fingerprint density at radius 3 is 2.16 bits per heavy atom. The van der Waals surface area contributed by atoms with Gasteiger partial charge in [0.25, 0.3) is 0 Å². The van der Waals surface area contributed by atoms with Gasteiger partial charge in [-0.25, -0.2) is 0 Å². The molecule has 0 heterocycles. The number of thioether (sulfide) groups is 1. The van der Waals surface area contributed by atoms with Crippen LogP contribution in [0.2, 0.25) is 0 Å². The van der Waals surface area contributed by atoms with Crippen LogP contribution >= 0.6 is 11.8 Å². The number of ether oxygens (including phenoxy) is 2.